The van der Waals surface area contributed by atoms with Crippen molar-refractivity contribution in [2.45, 2.75) is 52.6 Å². The molecule has 0 bridgehead atoms. The summed E-state index contributed by atoms with van der Waals surface area (Å²) in [6, 6.07) is 4.36. The Morgan fingerprint density at radius 2 is 1.67 bits per heavy atom. The third kappa shape index (κ3) is 5.12. The largest absolute Gasteiger partial charge is 0.496 e. The van der Waals surface area contributed by atoms with Gasteiger partial charge in [0.1, 0.15) is 17.2 Å². The van der Waals surface area contributed by atoms with E-state index in [9.17, 15) is 0 Å². The van der Waals surface area contributed by atoms with E-state index in [2.05, 4.69) is 19.2 Å². The standard InChI is InChI=1S/C17H29NO3/c1-6-9-13(7-2)18-12-15-16(19-4)10-14(21-8-3)11-17(15)20-5/h10-11,13,18H,6-9,12H2,1-5H3. The van der Waals surface area contributed by atoms with E-state index in [1.807, 2.05) is 19.1 Å². The molecule has 1 unspecified atom stereocenters. The second-order valence-corrected chi connectivity index (χ2v) is 5.01. The van der Waals surface area contributed by atoms with Crippen molar-refractivity contribution < 1.29 is 14.2 Å². The lowest BCUT2D eigenvalue weighted by atomic mass is 10.1. The van der Waals surface area contributed by atoms with Crippen LogP contribution in [0.5, 0.6) is 17.2 Å². The molecule has 0 radical (unpaired) electrons. The molecule has 0 aliphatic heterocycles. The molecule has 0 amide bonds. The van der Waals surface area contributed by atoms with E-state index in [4.69, 9.17) is 14.2 Å². The van der Waals surface area contributed by atoms with E-state index in [0.717, 1.165) is 35.8 Å². The zero-order valence-electron chi connectivity index (χ0n) is 14.0. The number of methoxy groups -OCH3 is 2. The molecule has 0 spiro atoms. The average Bonchev–Trinajstić information content (AvgIpc) is 2.51. The number of nitrogens with one attached hydrogen (secondary N) is 1. The number of ether oxygens (including phenoxy) is 3. The van der Waals surface area contributed by atoms with Crippen LogP contribution in [0.25, 0.3) is 0 Å². The van der Waals surface area contributed by atoms with E-state index in [1.54, 1.807) is 14.2 Å². The SMILES string of the molecule is CCCC(CC)NCc1c(OC)cc(OCC)cc1OC. The van der Waals surface area contributed by atoms with Crippen LogP contribution < -0.4 is 19.5 Å². The van der Waals surface area contributed by atoms with Crippen molar-refractivity contribution in [3.63, 3.8) is 0 Å². The highest BCUT2D eigenvalue weighted by atomic mass is 16.5. The molecule has 4 heteroatoms. The van der Waals surface area contributed by atoms with Gasteiger partial charge in [-0.3, -0.25) is 0 Å². The topological polar surface area (TPSA) is 39.7 Å². The summed E-state index contributed by atoms with van der Waals surface area (Å²) >= 11 is 0. The summed E-state index contributed by atoms with van der Waals surface area (Å²) in [6.07, 6.45) is 3.48. The molecule has 0 aromatic heterocycles. The van der Waals surface area contributed by atoms with Crippen LogP contribution >= 0.6 is 0 Å². The first kappa shape index (κ1) is 17.6. The van der Waals surface area contributed by atoms with Gasteiger partial charge in [0.25, 0.3) is 0 Å². The summed E-state index contributed by atoms with van der Waals surface area (Å²) in [6.45, 7) is 7.74. The van der Waals surface area contributed by atoms with Crippen LogP contribution in [0.3, 0.4) is 0 Å². The quantitative estimate of drug-likeness (QED) is 0.713. The van der Waals surface area contributed by atoms with Gasteiger partial charge >= 0.3 is 0 Å². The van der Waals surface area contributed by atoms with Crippen LogP contribution in [0.15, 0.2) is 12.1 Å². The molecular formula is C17H29NO3. The number of benzene rings is 1. The van der Waals surface area contributed by atoms with E-state index in [-0.39, 0.29) is 0 Å². The molecule has 0 heterocycles. The first-order chi connectivity index (χ1) is 10.2. The summed E-state index contributed by atoms with van der Waals surface area (Å²) < 4.78 is 16.6. The highest BCUT2D eigenvalue weighted by Crippen LogP contribution is 2.34. The molecule has 0 aliphatic rings. The average molecular weight is 295 g/mol. The van der Waals surface area contributed by atoms with Gasteiger partial charge < -0.3 is 19.5 Å². The van der Waals surface area contributed by atoms with Gasteiger partial charge in [-0.2, -0.15) is 0 Å². The van der Waals surface area contributed by atoms with E-state index in [0.29, 0.717) is 12.6 Å². The normalized spacial score (nSPS) is 12.0. The van der Waals surface area contributed by atoms with Gasteiger partial charge in [0.15, 0.2) is 0 Å². The summed E-state index contributed by atoms with van der Waals surface area (Å²) in [7, 11) is 3.36. The molecule has 0 fully saturated rings. The number of rotatable bonds is 10. The highest BCUT2D eigenvalue weighted by Gasteiger charge is 2.14. The zero-order chi connectivity index (χ0) is 15.7. The van der Waals surface area contributed by atoms with E-state index >= 15 is 0 Å². The third-order valence-electron chi connectivity index (χ3n) is 3.59. The second kappa shape index (κ2) is 9.50. The maximum absolute atomic E-state index is 5.55. The summed E-state index contributed by atoms with van der Waals surface area (Å²) in [5, 5.41) is 3.59. The van der Waals surface area contributed by atoms with Gasteiger partial charge in [0.05, 0.1) is 26.4 Å². The molecule has 1 aromatic rings. The molecule has 0 saturated carbocycles. The Morgan fingerprint density at radius 3 is 2.10 bits per heavy atom. The summed E-state index contributed by atoms with van der Waals surface area (Å²) in [5.41, 5.74) is 1.04. The number of hydrogen-bond donors (Lipinski definition) is 1. The van der Waals surface area contributed by atoms with Gasteiger partial charge in [0.2, 0.25) is 0 Å². The van der Waals surface area contributed by atoms with Crippen molar-refractivity contribution in [3.8, 4) is 17.2 Å². The Morgan fingerprint density at radius 1 is 1.05 bits per heavy atom. The van der Waals surface area contributed by atoms with Crippen LogP contribution in [0, 0.1) is 0 Å². The monoisotopic (exact) mass is 295 g/mol. The third-order valence-corrected chi connectivity index (χ3v) is 3.59. The molecule has 21 heavy (non-hydrogen) atoms. The summed E-state index contributed by atoms with van der Waals surface area (Å²) in [4.78, 5) is 0. The Hall–Kier alpha value is -1.42. The molecular weight excluding hydrogens is 266 g/mol. The van der Waals surface area contributed by atoms with Crippen LogP contribution in [-0.2, 0) is 6.54 Å². The molecule has 0 aliphatic carbocycles. The first-order valence-corrected chi connectivity index (χ1v) is 7.81. The van der Waals surface area contributed by atoms with Crippen molar-refractivity contribution in [2.24, 2.45) is 0 Å². The Balaban J connectivity index is 2.93. The van der Waals surface area contributed by atoms with Gasteiger partial charge in [-0.05, 0) is 19.8 Å². The Bertz CT molecular complexity index is 395. The second-order valence-electron chi connectivity index (χ2n) is 5.01. The molecule has 1 rings (SSSR count). The minimum absolute atomic E-state index is 0.524. The predicted molar refractivity (Wildman–Crippen MR) is 86.5 cm³/mol. The first-order valence-electron chi connectivity index (χ1n) is 7.81. The molecule has 1 N–H and O–H groups in total. The fraction of sp³-hybridized carbons (Fsp3) is 0.647. The fourth-order valence-corrected chi connectivity index (χ4v) is 2.43. The van der Waals surface area contributed by atoms with Crippen molar-refractivity contribution in [1.29, 1.82) is 0 Å². The van der Waals surface area contributed by atoms with Crippen molar-refractivity contribution in [2.75, 3.05) is 20.8 Å². The molecule has 4 nitrogen and oxygen atoms in total. The van der Waals surface area contributed by atoms with Gasteiger partial charge in [-0.25, -0.2) is 0 Å². The summed E-state index contributed by atoms with van der Waals surface area (Å²) in [5.74, 6) is 2.38. The maximum atomic E-state index is 5.55. The molecule has 1 atom stereocenters. The van der Waals surface area contributed by atoms with Crippen LogP contribution in [0.4, 0.5) is 0 Å². The van der Waals surface area contributed by atoms with Crippen molar-refractivity contribution >= 4 is 0 Å². The highest BCUT2D eigenvalue weighted by molar-refractivity contribution is 5.50. The molecule has 0 saturated heterocycles. The Kier molecular flexibility index (Phi) is 7.98. The fourth-order valence-electron chi connectivity index (χ4n) is 2.43. The van der Waals surface area contributed by atoms with Gasteiger partial charge in [-0.1, -0.05) is 20.3 Å². The Labute approximate surface area is 128 Å². The van der Waals surface area contributed by atoms with Crippen LogP contribution in [0.1, 0.15) is 45.6 Å². The van der Waals surface area contributed by atoms with Gasteiger partial charge in [0, 0.05) is 24.7 Å². The van der Waals surface area contributed by atoms with Crippen LogP contribution in [0.2, 0.25) is 0 Å². The lowest BCUT2D eigenvalue weighted by Crippen LogP contribution is -2.28. The van der Waals surface area contributed by atoms with Gasteiger partial charge in [-0.15, -0.1) is 0 Å². The van der Waals surface area contributed by atoms with E-state index in [1.165, 1.54) is 12.8 Å². The predicted octanol–water partition coefficient (Wildman–Crippen LogP) is 3.77. The molecule has 1 aromatic carbocycles. The smallest absolute Gasteiger partial charge is 0.130 e. The van der Waals surface area contributed by atoms with E-state index < -0.39 is 0 Å². The van der Waals surface area contributed by atoms with Crippen molar-refractivity contribution in [3.05, 3.63) is 17.7 Å². The molecule has 120 valence electrons. The lowest BCUT2D eigenvalue weighted by Gasteiger charge is -2.20. The minimum atomic E-state index is 0.524. The zero-order valence-corrected chi connectivity index (χ0v) is 14.0. The van der Waals surface area contributed by atoms with Crippen LogP contribution in [-0.4, -0.2) is 26.9 Å². The lowest BCUT2D eigenvalue weighted by molar-refractivity contribution is 0.327. The minimum Gasteiger partial charge on any atom is -0.496 e. The maximum Gasteiger partial charge on any atom is 0.130 e. The van der Waals surface area contributed by atoms with Crippen molar-refractivity contribution in [1.82, 2.24) is 5.32 Å². The number of hydrogen-bond acceptors (Lipinski definition) is 4.